The molecule has 1 aromatic heterocycles. The minimum atomic E-state index is -1.07. The average molecular weight is 438 g/mol. The zero-order valence-corrected chi connectivity index (χ0v) is 18.4. The van der Waals surface area contributed by atoms with Crippen LogP contribution < -0.4 is 11.1 Å². The number of nitrogens with zero attached hydrogens (tertiary/aromatic N) is 2. The van der Waals surface area contributed by atoms with Crippen LogP contribution >= 0.6 is 0 Å². The largest absolute Gasteiger partial charge is 0.480 e. The number of carboxylic acid groups (broad SMARTS) is 1. The summed E-state index contributed by atoms with van der Waals surface area (Å²) in [6.07, 6.45) is 5.97. The molecule has 1 amide bonds. The fraction of sp³-hybridized carbons (Fsp3) is 0.762. The van der Waals surface area contributed by atoms with Gasteiger partial charge < -0.3 is 30.6 Å². The highest BCUT2D eigenvalue weighted by Crippen LogP contribution is 2.37. The summed E-state index contributed by atoms with van der Waals surface area (Å²) >= 11 is 0. The van der Waals surface area contributed by atoms with Crippen molar-refractivity contribution in [1.29, 1.82) is 0 Å². The number of aromatic nitrogens is 2. The number of ether oxygens (including phenoxy) is 2. The van der Waals surface area contributed by atoms with E-state index in [2.05, 4.69) is 34.0 Å². The fourth-order valence-electron chi connectivity index (χ4n) is 4.40. The number of nitrogens with two attached hydrogens (primary N) is 1. The predicted molar refractivity (Wildman–Crippen MR) is 113 cm³/mol. The second-order valence-electron chi connectivity index (χ2n) is 9.25. The maximum Gasteiger partial charge on any atom is 0.326 e. The van der Waals surface area contributed by atoms with Crippen LogP contribution in [0.4, 0.5) is 0 Å². The Balaban J connectivity index is 1.43. The molecule has 5 N–H and O–H groups in total. The molecule has 4 atom stereocenters. The number of H-pyrrole nitrogens is 1. The standard InChI is InChI=1S/C21H35N5O5/c1-21(2)10-14(22)3-4-17(21)31-19-12-26(7-8-30-19)6-5-18(27)25-16(20(28)29)9-15-11-23-13-24-15/h11,13-14,16-17,19H,3-10,12,22H2,1-2H3,(H,23,24)(H,25,27)(H,28,29)/t14?,16?,17-,19?/m0/s1. The van der Waals surface area contributed by atoms with Crippen molar-refractivity contribution < 1.29 is 24.2 Å². The van der Waals surface area contributed by atoms with E-state index < -0.39 is 12.0 Å². The molecule has 10 nitrogen and oxygen atoms in total. The van der Waals surface area contributed by atoms with Crippen LogP contribution in [0.5, 0.6) is 0 Å². The minimum Gasteiger partial charge on any atom is -0.480 e. The Hall–Kier alpha value is -2.01. The van der Waals surface area contributed by atoms with Gasteiger partial charge in [-0.05, 0) is 24.7 Å². The van der Waals surface area contributed by atoms with Gasteiger partial charge in [0.15, 0.2) is 6.29 Å². The number of carbonyl (C=O) groups is 2. The Labute approximate surface area is 182 Å². The molecule has 0 bridgehead atoms. The Morgan fingerprint density at radius 2 is 2.29 bits per heavy atom. The van der Waals surface area contributed by atoms with Crippen molar-refractivity contribution in [2.24, 2.45) is 11.1 Å². The Morgan fingerprint density at radius 1 is 1.48 bits per heavy atom. The van der Waals surface area contributed by atoms with Crippen LogP contribution in [0.15, 0.2) is 12.5 Å². The Kier molecular flexibility index (Phi) is 8.04. The van der Waals surface area contributed by atoms with Crippen molar-refractivity contribution >= 4 is 11.9 Å². The lowest BCUT2D eigenvalue weighted by molar-refractivity contribution is -0.226. The number of imidazole rings is 1. The highest BCUT2D eigenvalue weighted by atomic mass is 16.7. The lowest BCUT2D eigenvalue weighted by Gasteiger charge is -2.44. The first-order valence-electron chi connectivity index (χ1n) is 11.0. The third kappa shape index (κ3) is 6.99. The van der Waals surface area contributed by atoms with Gasteiger partial charge in [0.25, 0.3) is 0 Å². The summed E-state index contributed by atoms with van der Waals surface area (Å²) in [4.78, 5) is 32.7. The summed E-state index contributed by atoms with van der Waals surface area (Å²) in [5.74, 6) is -1.36. The molecular formula is C21H35N5O5. The molecule has 1 aliphatic carbocycles. The third-order valence-corrected chi connectivity index (χ3v) is 6.16. The van der Waals surface area contributed by atoms with E-state index in [-0.39, 0.29) is 42.6 Å². The number of aromatic amines is 1. The SMILES string of the molecule is CC1(C)CC(N)CC[C@@H]1OC1CN(CCC(=O)NC(Cc2cnc[nH]2)C(=O)O)CCO1. The summed E-state index contributed by atoms with van der Waals surface area (Å²) in [6, 6.07) is -0.770. The van der Waals surface area contributed by atoms with E-state index in [4.69, 9.17) is 15.2 Å². The summed E-state index contributed by atoms with van der Waals surface area (Å²) in [7, 11) is 0. The number of aliphatic carboxylic acids is 1. The number of hydrogen-bond acceptors (Lipinski definition) is 7. The topological polar surface area (TPSA) is 143 Å². The number of amides is 1. The molecule has 3 unspecified atom stereocenters. The zero-order valence-electron chi connectivity index (χ0n) is 18.4. The van der Waals surface area contributed by atoms with E-state index in [1.54, 1.807) is 6.20 Å². The summed E-state index contributed by atoms with van der Waals surface area (Å²) < 4.78 is 12.1. The highest BCUT2D eigenvalue weighted by molar-refractivity contribution is 5.83. The molecule has 0 aromatic carbocycles. The molecule has 1 aromatic rings. The lowest BCUT2D eigenvalue weighted by atomic mass is 9.73. The predicted octanol–water partition coefficient (Wildman–Crippen LogP) is 0.493. The fourth-order valence-corrected chi connectivity index (χ4v) is 4.40. The van der Waals surface area contributed by atoms with E-state index in [0.29, 0.717) is 31.9 Å². The molecule has 0 spiro atoms. The normalized spacial score (nSPS) is 27.5. The first-order valence-corrected chi connectivity index (χ1v) is 11.0. The van der Waals surface area contributed by atoms with Crippen molar-refractivity contribution in [3.8, 4) is 0 Å². The molecule has 1 aliphatic heterocycles. The van der Waals surface area contributed by atoms with Gasteiger partial charge in [-0.3, -0.25) is 9.69 Å². The molecule has 10 heteroatoms. The van der Waals surface area contributed by atoms with E-state index in [1.807, 2.05) is 0 Å². The molecule has 1 saturated heterocycles. The van der Waals surface area contributed by atoms with Gasteiger partial charge in [0.1, 0.15) is 6.04 Å². The molecule has 2 fully saturated rings. The van der Waals surface area contributed by atoms with Crippen molar-refractivity contribution in [2.75, 3.05) is 26.2 Å². The first-order chi connectivity index (χ1) is 14.7. The minimum absolute atomic E-state index is 0.00366. The number of rotatable bonds is 9. The van der Waals surface area contributed by atoms with Crippen LogP contribution in [0.25, 0.3) is 0 Å². The highest BCUT2D eigenvalue weighted by Gasteiger charge is 2.38. The molecule has 3 rings (SSSR count). The molecule has 174 valence electrons. The van der Waals surface area contributed by atoms with E-state index in [1.165, 1.54) is 6.33 Å². The van der Waals surface area contributed by atoms with Crippen LogP contribution in [-0.4, -0.2) is 82.6 Å². The van der Waals surface area contributed by atoms with Gasteiger partial charge in [-0.1, -0.05) is 13.8 Å². The van der Waals surface area contributed by atoms with Crippen LogP contribution in [0.1, 0.15) is 45.2 Å². The second-order valence-corrected chi connectivity index (χ2v) is 9.25. The average Bonchev–Trinajstić information content (AvgIpc) is 3.21. The van der Waals surface area contributed by atoms with Crippen molar-refractivity contribution in [2.45, 2.75) is 70.4 Å². The molecule has 31 heavy (non-hydrogen) atoms. The summed E-state index contributed by atoms with van der Waals surface area (Å²) in [6.45, 7) is 6.72. The number of carboxylic acids is 1. The van der Waals surface area contributed by atoms with Crippen LogP contribution in [0.3, 0.4) is 0 Å². The third-order valence-electron chi connectivity index (χ3n) is 6.16. The zero-order chi connectivity index (χ0) is 22.4. The first kappa shape index (κ1) is 23.6. The van der Waals surface area contributed by atoms with Crippen LogP contribution in [-0.2, 0) is 25.5 Å². The number of nitrogens with one attached hydrogen (secondary N) is 2. The Bertz CT molecular complexity index is 726. The van der Waals surface area contributed by atoms with Crippen LogP contribution in [0.2, 0.25) is 0 Å². The molecule has 1 saturated carbocycles. The smallest absolute Gasteiger partial charge is 0.326 e. The maximum absolute atomic E-state index is 12.3. The van der Waals surface area contributed by atoms with Gasteiger partial charge in [0, 0.05) is 50.4 Å². The van der Waals surface area contributed by atoms with Crippen LogP contribution in [0, 0.1) is 5.41 Å². The van der Waals surface area contributed by atoms with Gasteiger partial charge in [-0.2, -0.15) is 0 Å². The van der Waals surface area contributed by atoms with Gasteiger partial charge >= 0.3 is 5.97 Å². The van der Waals surface area contributed by atoms with Gasteiger partial charge in [0.2, 0.25) is 5.91 Å². The summed E-state index contributed by atoms with van der Waals surface area (Å²) in [5, 5.41) is 12.0. The maximum atomic E-state index is 12.3. The van der Waals surface area contributed by atoms with E-state index in [9.17, 15) is 14.7 Å². The Morgan fingerprint density at radius 3 is 2.97 bits per heavy atom. The summed E-state index contributed by atoms with van der Waals surface area (Å²) in [5.41, 5.74) is 6.78. The quantitative estimate of drug-likeness (QED) is 0.437. The second kappa shape index (κ2) is 10.5. The molecule has 0 radical (unpaired) electrons. The number of carbonyl (C=O) groups excluding carboxylic acids is 1. The molecular weight excluding hydrogens is 402 g/mol. The number of morpholine rings is 1. The monoisotopic (exact) mass is 437 g/mol. The molecule has 2 aliphatic rings. The lowest BCUT2D eigenvalue weighted by Crippen LogP contribution is -2.50. The van der Waals surface area contributed by atoms with Gasteiger partial charge in [0.05, 0.1) is 19.0 Å². The van der Waals surface area contributed by atoms with Crippen molar-refractivity contribution in [3.05, 3.63) is 18.2 Å². The number of hydrogen-bond donors (Lipinski definition) is 4. The van der Waals surface area contributed by atoms with Gasteiger partial charge in [-0.15, -0.1) is 0 Å². The van der Waals surface area contributed by atoms with E-state index >= 15 is 0 Å². The van der Waals surface area contributed by atoms with Crippen molar-refractivity contribution in [1.82, 2.24) is 20.2 Å². The molecule has 2 heterocycles. The van der Waals surface area contributed by atoms with E-state index in [0.717, 1.165) is 19.3 Å². The van der Waals surface area contributed by atoms with Crippen molar-refractivity contribution in [3.63, 3.8) is 0 Å². The van der Waals surface area contributed by atoms with Gasteiger partial charge in [-0.25, -0.2) is 9.78 Å².